The molecular formula is C21H28N2O7. The summed E-state index contributed by atoms with van der Waals surface area (Å²) < 4.78 is 21.2. The summed E-state index contributed by atoms with van der Waals surface area (Å²) in [6.07, 6.45) is 0.335. The molecule has 9 nitrogen and oxygen atoms in total. The van der Waals surface area contributed by atoms with Crippen LogP contribution in [0.1, 0.15) is 31.7 Å². The van der Waals surface area contributed by atoms with Crippen LogP contribution in [0.2, 0.25) is 0 Å². The molecule has 0 radical (unpaired) electrons. The van der Waals surface area contributed by atoms with Crippen LogP contribution in [0, 0.1) is 5.92 Å². The molecule has 1 aromatic carbocycles. The lowest BCUT2D eigenvalue weighted by atomic mass is 9.83. The first-order valence-corrected chi connectivity index (χ1v) is 10.1. The zero-order chi connectivity index (χ0) is 21.8. The maximum absolute atomic E-state index is 12.8. The molecule has 2 atom stereocenters. The number of carbonyl (C=O) groups excluding carboxylic acids is 3. The average Bonchev–Trinajstić information content (AvgIpc) is 3.28. The smallest absolute Gasteiger partial charge is 0.322 e. The van der Waals surface area contributed by atoms with Crippen LogP contribution in [-0.4, -0.2) is 74.4 Å². The Morgan fingerprint density at radius 2 is 1.77 bits per heavy atom. The van der Waals surface area contributed by atoms with Crippen molar-refractivity contribution in [2.24, 2.45) is 5.92 Å². The Hall–Kier alpha value is -2.81. The van der Waals surface area contributed by atoms with Gasteiger partial charge >= 0.3 is 11.9 Å². The van der Waals surface area contributed by atoms with Crippen LogP contribution >= 0.6 is 0 Å². The summed E-state index contributed by atoms with van der Waals surface area (Å²) in [6.45, 7) is 4.58. The van der Waals surface area contributed by atoms with Gasteiger partial charge < -0.3 is 18.9 Å². The molecule has 1 amide bonds. The van der Waals surface area contributed by atoms with E-state index in [1.807, 2.05) is 11.1 Å². The monoisotopic (exact) mass is 420 g/mol. The number of hydrogen-bond acceptors (Lipinski definition) is 8. The third kappa shape index (κ3) is 3.94. The lowest BCUT2D eigenvalue weighted by molar-refractivity contribution is -0.167. The van der Waals surface area contributed by atoms with Gasteiger partial charge in [-0.1, -0.05) is 6.07 Å². The first-order chi connectivity index (χ1) is 14.5. The first-order valence-electron chi connectivity index (χ1n) is 10.1. The quantitative estimate of drug-likeness (QED) is 0.460. The maximum atomic E-state index is 12.8. The van der Waals surface area contributed by atoms with E-state index in [-0.39, 0.29) is 25.0 Å². The van der Waals surface area contributed by atoms with Gasteiger partial charge in [0, 0.05) is 37.1 Å². The van der Waals surface area contributed by atoms with Crippen molar-refractivity contribution in [2.75, 3.05) is 40.5 Å². The van der Waals surface area contributed by atoms with Crippen molar-refractivity contribution in [1.82, 2.24) is 10.0 Å². The van der Waals surface area contributed by atoms with Gasteiger partial charge in [-0.15, -0.1) is 0 Å². The summed E-state index contributed by atoms with van der Waals surface area (Å²) in [5.74, 6) is -1.95. The van der Waals surface area contributed by atoms with Crippen molar-refractivity contribution in [3.05, 3.63) is 23.8 Å². The van der Waals surface area contributed by atoms with E-state index >= 15 is 0 Å². The molecule has 0 aromatic heterocycles. The topological polar surface area (TPSA) is 94.6 Å². The van der Waals surface area contributed by atoms with E-state index in [1.165, 1.54) is 5.01 Å². The molecule has 0 bridgehead atoms. The Bertz CT molecular complexity index is 795. The van der Waals surface area contributed by atoms with Gasteiger partial charge in [-0.3, -0.25) is 19.4 Å². The second kappa shape index (κ2) is 9.34. The number of rotatable bonds is 8. The van der Waals surface area contributed by atoms with Gasteiger partial charge in [0.2, 0.25) is 5.91 Å². The lowest BCUT2D eigenvalue weighted by Gasteiger charge is -2.31. The highest BCUT2D eigenvalue weighted by atomic mass is 16.6. The van der Waals surface area contributed by atoms with E-state index < -0.39 is 23.9 Å². The number of hydrazine groups is 1. The van der Waals surface area contributed by atoms with Crippen molar-refractivity contribution >= 4 is 17.8 Å². The molecule has 1 aromatic rings. The largest absolute Gasteiger partial charge is 0.497 e. The van der Waals surface area contributed by atoms with Gasteiger partial charge in [0.1, 0.15) is 11.5 Å². The summed E-state index contributed by atoms with van der Waals surface area (Å²) >= 11 is 0. The van der Waals surface area contributed by atoms with Crippen LogP contribution in [0.25, 0.3) is 0 Å². The minimum atomic E-state index is -1.26. The molecule has 0 unspecified atom stereocenters. The lowest BCUT2D eigenvalue weighted by Crippen LogP contribution is -2.49. The van der Waals surface area contributed by atoms with Crippen LogP contribution in [0.3, 0.4) is 0 Å². The predicted molar refractivity (Wildman–Crippen MR) is 106 cm³/mol. The van der Waals surface area contributed by atoms with Crippen molar-refractivity contribution < 1.29 is 33.3 Å². The molecule has 164 valence electrons. The Kier molecular flexibility index (Phi) is 6.81. The van der Waals surface area contributed by atoms with E-state index in [4.69, 9.17) is 18.9 Å². The molecule has 0 N–H and O–H groups in total. The highest BCUT2D eigenvalue weighted by Gasteiger charge is 2.55. The number of ether oxygens (including phenoxy) is 4. The van der Waals surface area contributed by atoms with E-state index in [2.05, 4.69) is 0 Å². The number of esters is 2. The molecule has 0 aliphatic carbocycles. The number of amides is 1. The fraction of sp³-hybridized carbons (Fsp3) is 0.571. The normalized spacial score (nSPS) is 21.0. The fourth-order valence-corrected chi connectivity index (χ4v) is 4.26. The van der Waals surface area contributed by atoms with Crippen LogP contribution in [0.5, 0.6) is 11.5 Å². The van der Waals surface area contributed by atoms with Crippen molar-refractivity contribution in [3.8, 4) is 11.5 Å². The van der Waals surface area contributed by atoms with Gasteiger partial charge in [-0.25, -0.2) is 5.01 Å². The van der Waals surface area contributed by atoms with Crippen molar-refractivity contribution in [2.45, 2.75) is 32.2 Å². The first kappa shape index (κ1) is 21.9. The molecule has 2 heterocycles. The van der Waals surface area contributed by atoms with Crippen LogP contribution in [0.4, 0.5) is 0 Å². The Labute approximate surface area is 175 Å². The Morgan fingerprint density at radius 3 is 2.33 bits per heavy atom. The molecular weight excluding hydrogens is 392 g/mol. The minimum Gasteiger partial charge on any atom is -0.497 e. The standard InChI is InChI=1S/C21H28N2O7/c1-5-29-20(25)18(21(26)30-6-2)19-15(12-22-10-9-17(24)23(19)22)14-8-7-13(27-3)11-16(14)28-4/h7-8,11,15,18-19H,5-6,9-10,12H2,1-4H3/t15-,19+/m1/s1. The number of hydrogen-bond donors (Lipinski definition) is 0. The summed E-state index contributed by atoms with van der Waals surface area (Å²) in [5.41, 5.74) is 0.782. The molecule has 30 heavy (non-hydrogen) atoms. The maximum Gasteiger partial charge on any atom is 0.322 e. The number of nitrogens with zero attached hydrogens (tertiary/aromatic N) is 2. The minimum absolute atomic E-state index is 0.121. The van der Waals surface area contributed by atoms with E-state index in [0.717, 1.165) is 5.56 Å². The Balaban J connectivity index is 2.09. The van der Waals surface area contributed by atoms with Gasteiger partial charge in [-0.2, -0.15) is 0 Å². The average molecular weight is 420 g/mol. The zero-order valence-electron chi connectivity index (χ0n) is 17.8. The summed E-state index contributed by atoms with van der Waals surface area (Å²) in [5, 5.41) is 3.42. The number of carbonyl (C=O) groups is 3. The van der Waals surface area contributed by atoms with Crippen molar-refractivity contribution in [3.63, 3.8) is 0 Å². The highest BCUT2D eigenvalue weighted by Crippen LogP contribution is 2.44. The summed E-state index contributed by atoms with van der Waals surface area (Å²) in [4.78, 5) is 38.4. The molecule has 2 saturated heterocycles. The molecule has 0 saturated carbocycles. The molecule has 2 aliphatic rings. The zero-order valence-corrected chi connectivity index (χ0v) is 17.8. The van der Waals surface area contributed by atoms with Crippen LogP contribution in [-0.2, 0) is 23.9 Å². The molecule has 9 heteroatoms. The molecule has 0 spiro atoms. The van der Waals surface area contributed by atoms with E-state index in [1.54, 1.807) is 40.2 Å². The molecule has 2 aliphatic heterocycles. The third-order valence-electron chi connectivity index (χ3n) is 5.51. The van der Waals surface area contributed by atoms with Gasteiger partial charge in [0.15, 0.2) is 5.92 Å². The van der Waals surface area contributed by atoms with Crippen LogP contribution < -0.4 is 9.47 Å². The van der Waals surface area contributed by atoms with Crippen molar-refractivity contribution in [1.29, 1.82) is 0 Å². The highest BCUT2D eigenvalue weighted by molar-refractivity contribution is 5.97. The molecule has 3 rings (SSSR count). The van der Waals surface area contributed by atoms with Gasteiger partial charge in [-0.05, 0) is 19.9 Å². The number of fused-ring (bicyclic) bond motifs is 1. The fourth-order valence-electron chi connectivity index (χ4n) is 4.26. The Morgan fingerprint density at radius 1 is 1.10 bits per heavy atom. The second-order valence-electron chi connectivity index (χ2n) is 7.09. The summed E-state index contributed by atoms with van der Waals surface area (Å²) in [7, 11) is 3.10. The van der Waals surface area contributed by atoms with Gasteiger partial charge in [0.05, 0.1) is 33.5 Å². The van der Waals surface area contributed by atoms with Crippen LogP contribution in [0.15, 0.2) is 18.2 Å². The van der Waals surface area contributed by atoms with E-state index in [0.29, 0.717) is 31.0 Å². The van der Waals surface area contributed by atoms with Gasteiger partial charge in [0.25, 0.3) is 0 Å². The predicted octanol–water partition coefficient (Wildman–Crippen LogP) is 1.36. The van der Waals surface area contributed by atoms with E-state index in [9.17, 15) is 14.4 Å². The number of benzene rings is 1. The second-order valence-corrected chi connectivity index (χ2v) is 7.09. The molecule has 2 fully saturated rings. The third-order valence-corrected chi connectivity index (χ3v) is 5.51. The SMILES string of the molecule is CCOC(=O)C(C(=O)OCC)[C@@H]1[C@@H](c2ccc(OC)cc2OC)CN2CCC(=O)N12. The summed E-state index contributed by atoms with van der Waals surface area (Å²) in [6, 6.07) is 4.62. The number of methoxy groups -OCH3 is 2.